The molecule has 0 fully saturated rings. The van der Waals surface area contributed by atoms with Gasteiger partial charge in [-0.25, -0.2) is 8.42 Å². The van der Waals surface area contributed by atoms with E-state index in [4.69, 9.17) is 16.7 Å². The molecule has 0 bridgehead atoms. The second-order valence-electron chi connectivity index (χ2n) is 7.52. The van der Waals surface area contributed by atoms with Gasteiger partial charge in [-0.1, -0.05) is 61.0 Å². The lowest BCUT2D eigenvalue weighted by Gasteiger charge is -2.31. The van der Waals surface area contributed by atoms with Crippen molar-refractivity contribution in [2.45, 2.75) is 30.8 Å². The van der Waals surface area contributed by atoms with Gasteiger partial charge < -0.3 is 10.4 Å². The Morgan fingerprint density at radius 3 is 2.21 bits per heavy atom. The fraction of sp³-hybridized carbons (Fsp3) is 0.240. The predicted molar refractivity (Wildman–Crippen MR) is 130 cm³/mol. The number of carbonyl (C=O) groups excluding carboxylic acids is 1. The lowest BCUT2D eigenvalue weighted by Crippen LogP contribution is -2.34. The van der Waals surface area contributed by atoms with E-state index in [0.29, 0.717) is 17.0 Å². The smallest absolute Gasteiger partial charge is 0.251 e. The quantitative estimate of drug-likeness (QED) is 0.444. The molecule has 0 unspecified atom stereocenters. The molecule has 174 valence electrons. The number of sulfonamides is 1. The van der Waals surface area contributed by atoms with Crippen molar-refractivity contribution in [1.29, 1.82) is 0 Å². The summed E-state index contributed by atoms with van der Waals surface area (Å²) in [6.45, 7) is 2.11. The van der Waals surface area contributed by atoms with Crippen molar-refractivity contribution in [2.75, 3.05) is 13.2 Å². The number of halogens is 1. The standard InChI is InChI=1S/C25H27ClN2O4S/c1-2-24(20-12-14-22(26)15-13-20)28(33(31,32)23-6-4-3-5-7-23)18-19-8-10-21(11-9-19)25(30)27-16-17-29/h3-15,24,29H,2,16-18H2,1H3,(H,27,30)/t24-/m0/s1. The summed E-state index contributed by atoms with van der Waals surface area (Å²) in [4.78, 5) is 12.3. The second kappa shape index (κ2) is 11.4. The summed E-state index contributed by atoms with van der Waals surface area (Å²) in [6.07, 6.45) is 0.565. The SMILES string of the molecule is CC[C@@H](c1ccc(Cl)cc1)N(Cc1ccc(C(=O)NCCO)cc1)S(=O)(=O)c1ccccc1. The summed E-state index contributed by atoms with van der Waals surface area (Å²) in [6, 6.07) is 22.0. The summed E-state index contributed by atoms with van der Waals surface area (Å²) in [7, 11) is -3.81. The number of nitrogens with one attached hydrogen (secondary N) is 1. The van der Waals surface area contributed by atoms with Gasteiger partial charge in [0, 0.05) is 23.7 Å². The fourth-order valence-corrected chi connectivity index (χ4v) is 5.42. The molecule has 0 saturated heterocycles. The third-order valence-corrected chi connectivity index (χ3v) is 7.41. The van der Waals surface area contributed by atoms with Crippen LogP contribution in [0.1, 0.15) is 40.9 Å². The van der Waals surface area contributed by atoms with Crippen LogP contribution in [-0.2, 0) is 16.6 Å². The molecular weight excluding hydrogens is 460 g/mol. The summed E-state index contributed by atoms with van der Waals surface area (Å²) in [5, 5.41) is 12.1. The molecule has 0 aromatic heterocycles. The molecule has 0 aliphatic carbocycles. The van der Waals surface area contributed by atoms with E-state index in [-0.39, 0.29) is 30.5 Å². The molecule has 3 aromatic carbocycles. The molecule has 1 atom stereocenters. The summed E-state index contributed by atoms with van der Waals surface area (Å²) in [5.74, 6) is -0.294. The number of rotatable bonds is 10. The predicted octanol–water partition coefficient (Wildman–Crippen LogP) is 4.40. The van der Waals surface area contributed by atoms with Crippen molar-refractivity contribution >= 4 is 27.5 Å². The number of aliphatic hydroxyl groups excluding tert-OH is 1. The van der Waals surface area contributed by atoms with Crippen LogP contribution >= 0.6 is 11.6 Å². The molecule has 3 aromatic rings. The number of benzene rings is 3. The van der Waals surface area contributed by atoms with Gasteiger partial charge in [0.15, 0.2) is 0 Å². The van der Waals surface area contributed by atoms with Crippen molar-refractivity contribution in [3.63, 3.8) is 0 Å². The van der Waals surface area contributed by atoms with Gasteiger partial charge in [-0.05, 0) is 53.9 Å². The fourth-order valence-electron chi connectivity index (χ4n) is 3.59. The monoisotopic (exact) mass is 486 g/mol. The molecule has 33 heavy (non-hydrogen) atoms. The van der Waals surface area contributed by atoms with E-state index in [1.54, 1.807) is 66.7 Å². The molecule has 0 aliphatic heterocycles. The van der Waals surface area contributed by atoms with Gasteiger partial charge in [-0.15, -0.1) is 0 Å². The van der Waals surface area contributed by atoms with Crippen LogP contribution in [0.2, 0.25) is 5.02 Å². The van der Waals surface area contributed by atoms with Crippen molar-refractivity contribution in [3.05, 3.63) is 101 Å². The van der Waals surface area contributed by atoms with E-state index in [9.17, 15) is 13.2 Å². The van der Waals surface area contributed by atoms with Crippen LogP contribution in [-0.4, -0.2) is 36.9 Å². The molecular formula is C25H27ClN2O4S. The highest BCUT2D eigenvalue weighted by atomic mass is 35.5. The highest BCUT2D eigenvalue weighted by molar-refractivity contribution is 7.89. The Morgan fingerprint density at radius 1 is 1.00 bits per heavy atom. The molecule has 3 rings (SSSR count). The van der Waals surface area contributed by atoms with Gasteiger partial charge in [0.1, 0.15) is 0 Å². The van der Waals surface area contributed by atoms with E-state index in [2.05, 4.69) is 5.32 Å². The average molecular weight is 487 g/mol. The third-order valence-electron chi connectivity index (χ3n) is 5.29. The first-order valence-corrected chi connectivity index (χ1v) is 12.5. The van der Waals surface area contributed by atoms with Crippen LogP contribution in [0, 0.1) is 0 Å². The number of hydrogen-bond acceptors (Lipinski definition) is 4. The molecule has 0 radical (unpaired) electrons. The Labute approximate surface area is 199 Å². The Hall–Kier alpha value is -2.71. The van der Waals surface area contributed by atoms with Crippen molar-refractivity contribution < 1.29 is 18.3 Å². The van der Waals surface area contributed by atoms with Gasteiger partial charge >= 0.3 is 0 Å². The number of nitrogens with zero attached hydrogens (tertiary/aromatic N) is 1. The van der Waals surface area contributed by atoms with Gasteiger partial charge in [0.05, 0.1) is 17.5 Å². The maximum atomic E-state index is 13.7. The summed E-state index contributed by atoms with van der Waals surface area (Å²) >= 11 is 6.05. The highest BCUT2D eigenvalue weighted by Crippen LogP contribution is 2.32. The Kier molecular flexibility index (Phi) is 8.63. The minimum atomic E-state index is -3.81. The van der Waals surface area contributed by atoms with Crippen LogP contribution in [0.15, 0.2) is 83.8 Å². The minimum absolute atomic E-state index is 0.136. The summed E-state index contributed by atoms with van der Waals surface area (Å²) in [5.41, 5.74) is 2.04. The lowest BCUT2D eigenvalue weighted by molar-refractivity contribution is 0.0944. The second-order valence-corrected chi connectivity index (χ2v) is 9.84. The molecule has 0 spiro atoms. The number of hydrogen-bond donors (Lipinski definition) is 2. The van der Waals surface area contributed by atoms with E-state index in [1.807, 2.05) is 19.1 Å². The Bertz CT molecular complexity index is 1150. The van der Waals surface area contributed by atoms with Gasteiger partial charge in [-0.2, -0.15) is 4.31 Å². The Balaban J connectivity index is 1.97. The maximum Gasteiger partial charge on any atom is 0.251 e. The summed E-state index contributed by atoms with van der Waals surface area (Å²) < 4.78 is 28.9. The number of amides is 1. The van der Waals surface area contributed by atoms with E-state index < -0.39 is 16.1 Å². The van der Waals surface area contributed by atoms with E-state index in [1.165, 1.54) is 4.31 Å². The molecule has 1 amide bonds. The molecule has 2 N–H and O–H groups in total. The first-order valence-electron chi connectivity index (χ1n) is 10.7. The molecule has 6 nitrogen and oxygen atoms in total. The average Bonchev–Trinajstić information content (AvgIpc) is 2.84. The van der Waals surface area contributed by atoms with Crippen LogP contribution in [0.4, 0.5) is 0 Å². The first kappa shape index (κ1) is 24.9. The minimum Gasteiger partial charge on any atom is -0.395 e. The van der Waals surface area contributed by atoms with E-state index in [0.717, 1.165) is 11.1 Å². The maximum absolute atomic E-state index is 13.7. The van der Waals surface area contributed by atoms with Crippen LogP contribution in [0.25, 0.3) is 0 Å². The van der Waals surface area contributed by atoms with Gasteiger partial charge in [0.2, 0.25) is 10.0 Å². The zero-order valence-corrected chi connectivity index (χ0v) is 19.9. The first-order chi connectivity index (χ1) is 15.9. The number of aliphatic hydroxyl groups is 1. The van der Waals surface area contributed by atoms with Crippen molar-refractivity contribution in [2.24, 2.45) is 0 Å². The topological polar surface area (TPSA) is 86.7 Å². The van der Waals surface area contributed by atoms with Gasteiger partial charge in [0.25, 0.3) is 5.91 Å². The lowest BCUT2D eigenvalue weighted by atomic mass is 10.0. The zero-order chi connectivity index (χ0) is 23.8. The molecule has 8 heteroatoms. The zero-order valence-electron chi connectivity index (χ0n) is 18.3. The number of carbonyl (C=O) groups is 1. The largest absolute Gasteiger partial charge is 0.395 e. The third kappa shape index (κ3) is 6.21. The van der Waals surface area contributed by atoms with E-state index >= 15 is 0 Å². The molecule has 0 saturated carbocycles. The molecule has 0 aliphatic rings. The van der Waals surface area contributed by atoms with Crippen LogP contribution < -0.4 is 5.32 Å². The Morgan fingerprint density at radius 2 is 1.64 bits per heavy atom. The van der Waals surface area contributed by atoms with Crippen LogP contribution in [0.3, 0.4) is 0 Å². The highest BCUT2D eigenvalue weighted by Gasteiger charge is 2.31. The van der Waals surface area contributed by atoms with Crippen LogP contribution in [0.5, 0.6) is 0 Å². The van der Waals surface area contributed by atoms with Crippen molar-refractivity contribution in [1.82, 2.24) is 9.62 Å². The normalized spacial score (nSPS) is 12.5. The molecule has 0 heterocycles. The van der Waals surface area contributed by atoms with Crippen molar-refractivity contribution in [3.8, 4) is 0 Å². The van der Waals surface area contributed by atoms with Gasteiger partial charge in [-0.3, -0.25) is 4.79 Å².